The number of carbonyl (C=O) groups excluding carboxylic acids is 1. The SMILES string of the molecule is Cc1nc([C@H]2CCCN2C(=O)CCc2nc3ccccc3s2)no1. The maximum absolute atomic E-state index is 12.6. The van der Waals surface area contributed by atoms with Crippen LogP contribution in [0.2, 0.25) is 0 Å². The number of thiazole rings is 1. The van der Waals surface area contributed by atoms with Gasteiger partial charge in [-0.2, -0.15) is 4.98 Å². The minimum absolute atomic E-state index is 0.0506. The highest BCUT2D eigenvalue weighted by Crippen LogP contribution is 2.31. The highest BCUT2D eigenvalue weighted by atomic mass is 32.1. The van der Waals surface area contributed by atoms with Gasteiger partial charge in [0.15, 0.2) is 5.82 Å². The van der Waals surface area contributed by atoms with E-state index in [2.05, 4.69) is 21.2 Å². The van der Waals surface area contributed by atoms with E-state index in [1.165, 1.54) is 4.70 Å². The van der Waals surface area contributed by atoms with Crippen molar-refractivity contribution in [3.05, 3.63) is 41.0 Å². The minimum Gasteiger partial charge on any atom is -0.340 e. The molecule has 1 aliphatic heterocycles. The second-order valence-corrected chi connectivity index (χ2v) is 7.11. The molecule has 1 aromatic carbocycles. The molecule has 24 heavy (non-hydrogen) atoms. The van der Waals surface area contributed by atoms with Crippen LogP contribution in [0.4, 0.5) is 0 Å². The number of rotatable bonds is 4. The number of amides is 1. The fraction of sp³-hybridized carbons (Fsp3) is 0.412. The fourth-order valence-corrected chi connectivity index (χ4v) is 4.14. The van der Waals surface area contributed by atoms with Gasteiger partial charge in [0.25, 0.3) is 0 Å². The van der Waals surface area contributed by atoms with E-state index in [0.29, 0.717) is 24.6 Å². The zero-order valence-electron chi connectivity index (χ0n) is 13.4. The van der Waals surface area contributed by atoms with Gasteiger partial charge >= 0.3 is 0 Å². The molecule has 4 rings (SSSR count). The van der Waals surface area contributed by atoms with Gasteiger partial charge in [0, 0.05) is 26.3 Å². The molecule has 1 atom stereocenters. The highest BCUT2D eigenvalue weighted by Gasteiger charge is 2.32. The van der Waals surface area contributed by atoms with Crippen LogP contribution < -0.4 is 0 Å². The van der Waals surface area contributed by atoms with Crippen molar-refractivity contribution in [2.45, 2.75) is 38.6 Å². The molecule has 0 bridgehead atoms. The molecular weight excluding hydrogens is 324 g/mol. The van der Waals surface area contributed by atoms with Crippen molar-refractivity contribution in [1.29, 1.82) is 0 Å². The van der Waals surface area contributed by atoms with Crippen molar-refractivity contribution in [1.82, 2.24) is 20.0 Å². The Labute approximate surface area is 143 Å². The van der Waals surface area contributed by atoms with E-state index in [1.54, 1.807) is 18.3 Å². The van der Waals surface area contributed by atoms with Crippen molar-refractivity contribution in [2.75, 3.05) is 6.54 Å². The zero-order chi connectivity index (χ0) is 16.5. The molecule has 1 saturated heterocycles. The molecule has 1 fully saturated rings. The van der Waals surface area contributed by atoms with E-state index in [9.17, 15) is 4.79 Å². The normalized spacial score (nSPS) is 17.7. The van der Waals surface area contributed by atoms with Crippen molar-refractivity contribution in [2.24, 2.45) is 0 Å². The van der Waals surface area contributed by atoms with E-state index in [-0.39, 0.29) is 11.9 Å². The predicted octanol–water partition coefficient (Wildman–Crippen LogP) is 3.28. The molecule has 2 aromatic heterocycles. The molecule has 7 heteroatoms. The molecule has 3 heterocycles. The molecule has 3 aromatic rings. The predicted molar refractivity (Wildman–Crippen MR) is 90.7 cm³/mol. The largest absolute Gasteiger partial charge is 0.340 e. The number of fused-ring (bicyclic) bond motifs is 1. The van der Waals surface area contributed by atoms with E-state index >= 15 is 0 Å². The molecule has 1 amide bonds. The molecule has 0 saturated carbocycles. The van der Waals surface area contributed by atoms with Gasteiger partial charge in [-0.3, -0.25) is 4.79 Å². The summed E-state index contributed by atoms with van der Waals surface area (Å²) < 4.78 is 6.23. The summed E-state index contributed by atoms with van der Waals surface area (Å²) in [5, 5.41) is 5.00. The standard InChI is InChI=1S/C17H18N4O2S/c1-11-18-17(20-23-11)13-6-4-10-21(13)16(22)9-8-15-19-12-5-2-3-7-14(12)24-15/h2-3,5,7,13H,4,6,8-10H2,1H3/t13-/m1/s1. The molecule has 0 spiro atoms. The number of aryl methyl sites for hydroxylation is 2. The zero-order valence-corrected chi connectivity index (χ0v) is 14.3. The van der Waals surface area contributed by atoms with E-state index in [1.807, 2.05) is 23.1 Å². The van der Waals surface area contributed by atoms with Crippen LogP contribution in [-0.4, -0.2) is 32.5 Å². The van der Waals surface area contributed by atoms with Gasteiger partial charge in [-0.25, -0.2) is 4.98 Å². The molecule has 124 valence electrons. The Morgan fingerprint density at radius 3 is 3.04 bits per heavy atom. The third-order valence-corrected chi connectivity index (χ3v) is 5.40. The number of aromatic nitrogens is 3. The highest BCUT2D eigenvalue weighted by molar-refractivity contribution is 7.18. The summed E-state index contributed by atoms with van der Waals surface area (Å²) in [5.74, 6) is 1.30. The third kappa shape index (κ3) is 2.91. The molecular formula is C17H18N4O2S. The molecule has 0 radical (unpaired) electrons. The maximum Gasteiger partial charge on any atom is 0.223 e. The Balaban J connectivity index is 1.43. The van der Waals surface area contributed by atoms with Gasteiger partial charge in [-0.05, 0) is 25.0 Å². The van der Waals surface area contributed by atoms with Crippen molar-refractivity contribution in [3.63, 3.8) is 0 Å². The summed E-state index contributed by atoms with van der Waals surface area (Å²) in [6.07, 6.45) is 3.01. The summed E-state index contributed by atoms with van der Waals surface area (Å²) in [6, 6.07) is 8.01. The van der Waals surface area contributed by atoms with Crippen LogP contribution >= 0.6 is 11.3 Å². The number of hydrogen-bond acceptors (Lipinski definition) is 6. The van der Waals surface area contributed by atoms with Crippen LogP contribution in [0.15, 0.2) is 28.8 Å². The first-order valence-corrected chi connectivity index (χ1v) is 8.96. The van der Waals surface area contributed by atoms with Gasteiger partial charge in [0.2, 0.25) is 11.8 Å². The molecule has 0 N–H and O–H groups in total. The summed E-state index contributed by atoms with van der Waals surface area (Å²) in [5.41, 5.74) is 1.01. The lowest BCUT2D eigenvalue weighted by atomic mass is 10.2. The second kappa shape index (κ2) is 6.32. The first-order chi connectivity index (χ1) is 11.7. The topological polar surface area (TPSA) is 72.1 Å². The van der Waals surface area contributed by atoms with Gasteiger partial charge in [0.1, 0.15) is 0 Å². The van der Waals surface area contributed by atoms with Crippen LogP contribution in [0.3, 0.4) is 0 Å². The van der Waals surface area contributed by atoms with E-state index in [4.69, 9.17) is 4.52 Å². The number of hydrogen-bond donors (Lipinski definition) is 0. The lowest BCUT2D eigenvalue weighted by Crippen LogP contribution is -2.31. The minimum atomic E-state index is -0.0506. The van der Waals surface area contributed by atoms with Gasteiger partial charge in [-0.15, -0.1) is 11.3 Å². The van der Waals surface area contributed by atoms with Crippen LogP contribution in [0, 0.1) is 6.92 Å². The lowest BCUT2D eigenvalue weighted by molar-refractivity contribution is -0.132. The van der Waals surface area contributed by atoms with Crippen LogP contribution in [0.1, 0.15) is 42.0 Å². The van der Waals surface area contributed by atoms with Crippen LogP contribution in [0.25, 0.3) is 10.2 Å². The Morgan fingerprint density at radius 2 is 2.25 bits per heavy atom. The summed E-state index contributed by atoms with van der Waals surface area (Å²) >= 11 is 1.66. The number of nitrogens with zero attached hydrogens (tertiary/aromatic N) is 4. The summed E-state index contributed by atoms with van der Waals surface area (Å²) in [6.45, 7) is 2.53. The van der Waals surface area contributed by atoms with Crippen molar-refractivity contribution in [3.8, 4) is 0 Å². The Bertz CT molecular complexity index is 839. The van der Waals surface area contributed by atoms with Gasteiger partial charge in [-0.1, -0.05) is 17.3 Å². The number of para-hydroxylation sites is 1. The Morgan fingerprint density at radius 1 is 1.38 bits per heavy atom. The molecule has 0 aliphatic carbocycles. The Kier molecular flexibility index (Phi) is 4.02. The fourth-order valence-electron chi connectivity index (χ4n) is 3.17. The van der Waals surface area contributed by atoms with E-state index in [0.717, 1.165) is 29.9 Å². The van der Waals surface area contributed by atoms with Gasteiger partial charge in [0.05, 0.1) is 21.3 Å². The quantitative estimate of drug-likeness (QED) is 0.727. The van der Waals surface area contributed by atoms with Crippen LogP contribution in [-0.2, 0) is 11.2 Å². The maximum atomic E-state index is 12.6. The van der Waals surface area contributed by atoms with Crippen LogP contribution in [0.5, 0.6) is 0 Å². The third-order valence-electron chi connectivity index (χ3n) is 4.31. The number of likely N-dealkylation sites (tertiary alicyclic amines) is 1. The average molecular weight is 342 g/mol. The molecule has 6 nitrogen and oxygen atoms in total. The monoisotopic (exact) mass is 342 g/mol. The van der Waals surface area contributed by atoms with Crippen molar-refractivity contribution >= 4 is 27.5 Å². The summed E-state index contributed by atoms with van der Waals surface area (Å²) in [4.78, 5) is 23.4. The van der Waals surface area contributed by atoms with E-state index < -0.39 is 0 Å². The molecule has 0 unspecified atom stereocenters. The number of carbonyl (C=O) groups is 1. The smallest absolute Gasteiger partial charge is 0.223 e. The first kappa shape index (κ1) is 15.3. The lowest BCUT2D eigenvalue weighted by Gasteiger charge is -2.22. The van der Waals surface area contributed by atoms with Crippen molar-refractivity contribution < 1.29 is 9.32 Å². The second-order valence-electron chi connectivity index (χ2n) is 5.99. The average Bonchev–Trinajstić information content (AvgIpc) is 3.30. The first-order valence-electron chi connectivity index (χ1n) is 8.15. The molecule has 1 aliphatic rings. The summed E-state index contributed by atoms with van der Waals surface area (Å²) in [7, 11) is 0. The Hall–Kier alpha value is -2.28. The van der Waals surface area contributed by atoms with Gasteiger partial charge < -0.3 is 9.42 Å². The number of benzene rings is 1.